The van der Waals surface area contributed by atoms with Crippen LogP contribution >= 0.6 is 15.9 Å². The molecule has 1 aromatic carbocycles. The van der Waals surface area contributed by atoms with Crippen molar-refractivity contribution in [3.63, 3.8) is 0 Å². The number of benzene rings is 1. The second kappa shape index (κ2) is 6.82. The first-order valence-corrected chi connectivity index (χ1v) is 7.23. The van der Waals surface area contributed by atoms with Crippen molar-refractivity contribution >= 4 is 21.6 Å². The Kier molecular flexibility index (Phi) is 5.08. The monoisotopic (exact) mass is 354 g/mol. The summed E-state index contributed by atoms with van der Waals surface area (Å²) in [5.41, 5.74) is 6.30. The van der Waals surface area contributed by atoms with Gasteiger partial charge in [0.15, 0.2) is 0 Å². The van der Waals surface area contributed by atoms with Crippen LogP contribution in [0.15, 0.2) is 39.7 Å². The maximum atomic E-state index is 13.8. The summed E-state index contributed by atoms with van der Waals surface area (Å²) in [7, 11) is 1.84. The van der Waals surface area contributed by atoms with E-state index in [-0.39, 0.29) is 17.9 Å². The highest BCUT2D eigenvalue weighted by Gasteiger charge is 2.08. The smallest absolute Gasteiger partial charge is 0.269 e. The van der Waals surface area contributed by atoms with Crippen molar-refractivity contribution < 1.29 is 4.39 Å². The van der Waals surface area contributed by atoms with Crippen molar-refractivity contribution in [3.8, 4) is 0 Å². The molecule has 7 heteroatoms. The number of hydrogen-bond acceptors (Lipinski definition) is 4. The van der Waals surface area contributed by atoms with Crippen LogP contribution in [0, 0.1) is 5.82 Å². The second-order valence-electron chi connectivity index (χ2n) is 4.66. The van der Waals surface area contributed by atoms with Crippen LogP contribution in [0.2, 0.25) is 0 Å². The summed E-state index contributed by atoms with van der Waals surface area (Å²) in [5, 5.41) is 4.08. The number of nitrogens with zero attached hydrogens (tertiary/aromatic N) is 3. The second-order valence-corrected chi connectivity index (χ2v) is 5.57. The lowest BCUT2D eigenvalue weighted by molar-refractivity contribution is 0.571. The summed E-state index contributed by atoms with van der Waals surface area (Å²) in [4.78, 5) is 13.9. The quantitative estimate of drug-likeness (QED) is 0.885. The largest absolute Gasteiger partial charge is 0.372 e. The van der Waals surface area contributed by atoms with Gasteiger partial charge in [-0.3, -0.25) is 4.79 Å². The van der Waals surface area contributed by atoms with Crippen LogP contribution in [0.4, 0.5) is 10.1 Å². The van der Waals surface area contributed by atoms with E-state index >= 15 is 0 Å². The molecular formula is C14H16BrFN4O. The molecule has 2 N–H and O–H groups in total. The highest BCUT2D eigenvalue weighted by Crippen LogP contribution is 2.15. The average Bonchev–Trinajstić information content (AvgIpc) is 2.44. The van der Waals surface area contributed by atoms with Crippen LogP contribution in [0.25, 0.3) is 0 Å². The molecule has 1 heterocycles. The lowest BCUT2D eigenvalue weighted by Gasteiger charge is -2.17. The molecule has 0 unspecified atom stereocenters. The van der Waals surface area contributed by atoms with Gasteiger partial charge in [0.1, 0.15) is 5.82 Å². The summed E-state index contributed by atoms with van der Waals surface area (Å²) < 4.78 is 15.7. The SMILES string of the molecule is CN(CCN)c1cnn(Cc2ccc(Br)cc2F)c(=O)c1. The predicted molar refractivity (Wildman–Crippen MR) is 84.0 cm³/mol. The fraction of sp³-hybridized carbons (Fsp3) is 0.286. The Morgan fingerprint density at radius 1 is 1.43 bits per heavy atom. The molecule has 1 aromatic heterocycles. The van der Waals surface area contributed by atoms with Gasteiger partial charge in [-0.25, -0.2) is 9.07 Å². The van der Waals surface area contributed by atoms with Gasteiger partial charge in [0.25, 0.3) is 5.56 Å². The first-order chi connectivity index (χ1) is 10.0. The maximum Gasteiger partial charge on any atom is 0.269 e. The minimum atomic E-state index is -0.373. The third-order valence-corrected chi connectivity index (χ3v) is 3.59. The van der Waals surface area contributed by atoms with Crippen molar-refractivity contribution in [3.05, 3.63) is 56.7 Å². The maximum absolute atomic E-state index is 13.8. The number of anilines is 1. The third kappa shape index (κ3) is 3.89. The Bertz CT molecular complexity index is 689. The number of rotatable bonds is 5. The highest BCUT2D eigenvalue weighted by molar-refractivity contribution is 9.10. The van der Waals surface area contributed by atoms with E-state index in [1.807, 2.05) is 11.9 Å². The fourth-order valence-corrected chi connectivity index (χ4v) is 2.22. The molecule has 0 aliphatic rings. The molecule has 0 aliphatic carbocycles. The molecular weight excluding hydrogens is 339 g/mol. The van der Waals surface area contributed by atoms with Crippen LogP contribution in [0.5, 0.6) is 0 Å². The van der Waals surface area contributed by atoms with E-state index in [0.717, 1.165) is 0 Å². The lowest BCUT2D eigenvalue weighted by Crippen LogP contribution is -2.29. The zero-order valence-corrected chi connectivity index (χ0v) is 13.2. The van der Waals surface area contributed by atoms with Crippen LogP contribution in [0.3, 0.4) is 0 Å². The van der Waals surface area contributed by atoms with Gasteiger partial charge >= 0.3 is 0 Å². The topological polar surface area (TPSA) is 64.2 Å². The number of likely N-dealkylation sites (N-methyl/N-ethyl adjacent to an activating group) is 1. The third-order valence-electron chi connectivity index (χ3n) is 3.10. The van der Waals surface area contributed by atoms with Crippen molar-refractivity contribution in [1.29, 1.82) is 0 Å². The molecule has 5 nitrogen and oxygen atoms in total. The Morgan fingerprint density at radius 2 is 2.19 bits per heavy atom. The normalized spacial score (nSPS) is 10.7. The van der Waals surface area contributed by atoms with E-state index in [4.69, 9.17) is 5.73 Å². The summed E-state index contributed by atoms with van der Waals surface area (Å²) in [5.74, 6) is -0.373. The van der Waals surface area contributed by atoms with Gasteiger partial charge in [0.2, 0.25) is 0 Å². The van der Waals surface area contributed by atoms with Crippen molar-refractivity contribution in [1.82, 2.24) is 9.78 Å². The van der Waals surface area contributed by atoms with Gasteiger partial charge in [0.05, 0.1) is 18.4 Å². The zero-order valence-electron chi connectivity index (χ0n) is 11.6. The van der Waals surface area contributed by atoms with E-state index in [2.05, 4.69) is 21.0 Å². The lowest BCUT2D eigenvalue weighted by atomic mass is 10.2. The van der Waals surface area contributed by atoms with Gasteiger partial charge in [-0.2, -0.15) is 5.10 Å². The molecule has 0 aliphatic heterocycles. The Labute approximate surface area is 130 Å². The van der Waals surface area contributed by atoms with Gasteiger partial charge in [-0.1, -0.05) is 22.0 Å². The minimum absolute atomic E-state index is 0.0961. The molecule has 0 radical (unpaired) electrons. The summed E-state index contributed by atoms with van der Waals surface area (Å²) in [6.45, 7) is 1.22. The molecule has 0 fully saturated rings. The molecule has 2 aromatic rings. The fourth-order valence-electron chi connectivity index (χ4n) is 1.89. The number of halogens is 2. The molecule has 0 spiro atoms. The summed E-state index contributed by atoms with van der Waals surface area (Å²) in [6, 6.07) is 6.19. The molecule has 0 saturated carbocycles. The van der Waals surface area contributed by atoms with Crippen molar-refractivity contribution in [2.45, 2.75) is 6.54 Å². The summed E-state index contributed by atoms with van der Waals surface area (Å²) in [6.07, 6.45) is 1.58. The van der Waals surface area contributed by atoms with E-state index in [1.165, 1.54) is 16.8 Å². The molecule has 0 amide bonds. The number of nitrogens with two attached hydrogens (primary N) is 1. The zero-order chi connectivity index (χ0) is 15.4. The number of aromatic nitrogens is 2. The van der Waals surface area contributed by atoms with E-state index in [0.29, 0.717) is 28.8 Å². The van der Waals surface area contributed by atoms with Crippen molar-refractivity contribution in [2.75, 3.05) is 25.0 Å². The molecule has 0 saturated heterocycles. The van der Waals surface area contributed by atoms with Gasteiger partial charge < -0.3 is 10.6 Å². The molecule has 112 valence electrons. The average molecular weight is 355 g/mol. The van der Waals surface area contributed by atoms with E-state index in [9.17, 15) is 9.18 Å². The Balaban J connectivity index is 2.23. The van der Waals surface area contributed by atoms with Crippen molar-refractivity contribution in [2.24, 2.45) is 5.73 Å². The van der Waals surface area contributed by atoms with Crippen LogP contribution in [-0.4, -0.2) is 29.9 Å². The van der Waals surface area contributed by atoms with Crippen LogP contribution < -0.4 is 16.2 Å². The van der Waals surface area contributed by atoms with E-state index < -0.39 is 0 Å². The molecule has 21 heavy (non-hydrogen) atoms. The Hall–Kier alpha value is -1.73. The molecule has 0 bridgehead atoms. The number of hydrogen-bond donors (Lipinski definition) is 1. The Morgan fingerprint density at radius 3 is 2.81 bits per heavy atom. The standard InChI is InChI=1S/C14H16BrFN4O/c1-19(5-4-17)12-7-14(21)20(18-8-12)9-10-2-3-11(15)6-13(10)16/h2-3,6-8H,4-5,9,17H2,1H3. The molecule has 0 atom stereocenters. The minimum Gasteiger partial charge on any atom is -0.372 e. The predicted octanol–water partition coefficient (Wildman–Crippen LogP) is 1.59. The van der Waals surface area contributed by atoms with Crippen LogP contribution in [-0.2, 0) is 6.54 Å². The van der Waals surface area contributed by atoms with Gasteiger partial charge in [0, 0.05) is 36.2 Å². The van der Waals surface area contributed by atoms with E-state index in [1.54, 1.807) is 18.3 Å². The first-order valence-electron chi connectivity index (χ1n) is 6.43. The molecule has 2 rings (SSSR count). The van der Waals surface area contributed by atoms with Gasteiger partial charge in [-0.05, 0) is 12.1 Å². The first kappa shape index (κ1) is 15.7. The highest BCUT2D eigenvalue weighted by atomic mass is 79.9. The van der Waals surface area contributed by atoms with Crippen LogP contribution in [0.1, 0.15) is 5.56 Å². The summed E-state index contributed by atoms with van der Waals surface area (Å²) >= 11 is 3.20. The van der Waals surface area contributed by atoms with Gasteiger partial charge in [-0.15, -0.1) is 0 Å².